The van der Waals surface area contributed by atoms with E-state index in [-0.39, 0.29) is 33.9 Å². The van der Waals surface area contributed by atoms with Gasteiger partial charge >= 0.3 is 0 Å². The van der Waals surface area contributed by atoms with E-state index in [0.717, 1.165) is 61.9 Å². The molecule has 3 heterocycles. The van der Waals surface area contributed by atoms with Crippen molar-refractivity contribution < 1.29 is 22.5 Å². The third kappa shape index (κ3) is 5.95. The molecule has 224 valence electrons. The van der Waals surface area contributed by atoms with Gasteiger partial charge < -0.3 is 9.26 Å². The number of hydrogen-bond acceptors (Lipinski definition) is 8. The van der Waals surface area contributed by atoms with Crippen LogP contribution >= 0.6 is 11.6 Å². The van der Waals surface area contributed by atoms with Crippen LogP contribution in [0.3, 0.4) is 0 Å². The Bertz CT molecular complexity index is 1600. The number of carbonyl (C=O) groups excluding carboxylic acids is 1. The summed E-state index contributed by atoms with van der Waals surface area (Å²) in [5, 5.41) is 3.81. The first-order valence-corrected chi connectivity index (χ1v) is 16.3. The summed E-state index contributed by atoms with van der Waals surface area (Å²) in [6, 6.07) is 8.74. The Kier molecular flexibility index (Phi) is 9.00. The van der Waals surface area contributed by atoms with Gasteiger partial charge in [0.25, 0.3) is 15.9 Å². The average Bonchev–Trinajstić information content (AvgIpc) is 3.66. The largest absolute Gasteiger partial charge is 0.377 e. The monoisotopic (exact) mass is 613 g/mol. The zero-order valence-electron chi connectivity index (χ0n) is 24.2. The summed E-state index contributed by atoms with van der Waals surface area (Å²) < 4.78 is 40.2. The van der Waals surface area contributed by atoms with Crippen LogP contribution in [0.25, 0.3) is 11.3 Å². The number of sulfonamides is 1. The highest BCUT2D eigenvalue weighted by Gasteiger charge is 2.49. The van der Waals surface area contributed by atoms with Crippen LogP contribution in [0, 0.1) is 6.92 Å². The van der Waals surface area contributed by atoms with E-state index in [9.17, 15) is 13.2 Å². The number of aromatic nitrogens is 2. The topological polar surface area (TPSA) is 127 Å². The van der Waals surface area contributed by atoms with Crippen LogP contribution in [0.1, 0.15) is 75.7 Å². The second-order valence-corrected chi connectivity index (χ2v) is 12.8. The van der Waals surface area contributed by atoms with Crippen molar-refractivity contribution >= 4 is 39.2 Å². The molecule has 3 aromatic rings. The summed E-state index contributed by atoms with van der Waals surface area (Å²) in [6.45, 7) is 6.73. The van der Waals surface area contributed by atoms with Crippen molar-refractivity contribution in [3.05, 3.63) is 58.4 Å². The molecular formula is C30H36ClN5O5S. The zero-order chi connectivity index (χ0) is 29.9. The van der Waals surface area contributed by atoms with E-state index >= 15 is 0 Å². The van der Waals surface area contributed by atoms with Crippen LogP contribution in [0.15, 0.2) is 50.9 Å². The quantitative estimate of drug-likeness (QED) is 0.255. The second-order valence-electron chi connectivity index (χ2n) is 10.7. The van der Waals surface area contributed by atoms with E-state index in [1.165, 1.54) is 6.07 Å². The summed E-state index contributed by atoms with van der Waals surface area (Å²) >= 11 is 6.17. The van der Waals surface area contributed by atoms with E-state index < -0.39 is 15.6 Å². The van der Waals surface area contributed by atoms with Crippen molar-refractivity contribution in [2.24, 2.45) is 4.99 Å². The third-order valence-corrected chi connectivity index (χ3v) is 9.61. The minimum atomic E-state index is -4.13. The summed E-state index contributed by atoms with van der Waals surface area (Å²) in [5.41, 5.74) is 1.93. The highest BCUT2D eigenvalue weighted by atomic mass is 35.5. The van der Waals surface area contributed by atoms with Crippen LogP contribution in [-0.4, -0.2) is 47.3 Å². The zero-order valence-corrected chi connectivity index (χ0v) is 25.7. The summed E-state index contributed by atoms with van der Waals surface area (Å²) in [6.07, 6.45) is 7.94. The van der Waals surface area contributed by atoms with Crippen molar-refractivity contribution in [2.45, 2.75) is 89.3 Å². The molecule has 1 aliphatic heterocycles. The fourth-order valence-corrected chi connectivity index (χ4v) is 6.96. The van der Waals surface area contributed by atoms with Gasteiger partial charge in [0.05, 0.1) is 18.8 Å². The van der Waals surface area contributed by atoms with Gasteiger partial charge in [0, 0.05) is 24.8 Å². The van der Waals surface area contributed by atoms with E-state index in [2.05, 4.69) is 21.8 Å². The number of aryl methyl sites for hydroxylation is 1. The maximum Gasteiger partial charge on any atom is 0.265 e. The fourth-order valence-electron chi connectivity index (χ4n) is 5.60. The van der Waals surface area contributed by atoms with Crippen LogP contribution in [0.2, 0.25) is 5.02 Å². The Hall–Kier alpha value is -3.28. The van der Waals surface area contributed by atoms with Crippen molar-refractivity contribution in [3.8, 4) is 11.3 Å². The Labute approximate surface area is 251 Å². The average molecular weight is 614 g/mol. The number of carbonyl (C=O) groups is 1. The van der Waals surface area contributed by atoms with Crippen LogP contribution in [0.5, 0.6) is 0 Å². The molecule has 2 aromatic heterocycles. The normalized spacial score (nSPS) is 16.4. The second kappa shape index (κ2) is 12.5. The van der Waals surface area contributed by atoms with Crippen LogP contribution in [0.4, 0.5) is 5.82 Å². The number of pyridine rings is 1. The number of amides is 1. The standard InChI is InChI=1S/C30H36ClN5O5S/c1-4-6-11-25-33-30(14-7-8-15-30)29(37)36(25)18-21-12-13-23(22(17-21)19-40-5-2)27-24(10-9-16-32-27)42(38,39)35-28-26(31)20(3)41-34-28/h9-10,12-13,16-17H,4-8,11,14-15,18-19H2,1-3H3,(H,34,35). The molecule has 2 aliphatic rings. The van der Waals surface area contributed by atoms with Crippen LogP contribution in [-0.2, 0) is 32.7 Å². The number of amidine groups is 1. The van der Waals surface area contributed by atoms with Gasteiger partial charge in [-0.3, -0.25) is 24.4 Å². The first kappa shape index (κ1) is 30.2. The number of nitrogens with one attached hydrogen (secondary N) is 1. The van der Waals surface area contributed by atoms with Gasteiger partial charge in [0.1, 0.15) is 21.3 Å². The highest BCUT2D eigenvalue weighted by Crippen LogP contribution is 2.40. The molecule has 1 spiro atoms. The van der Waals surface area contributed by atoms with Gasteiger partial charge in [0.2, 0.25) is 5.82 Å². The SMILES string of the molecule is CCCCC1=NC2(CCCC2)C(=O)N1Cc1ccc(-c2ncccc2S(=O)(=O)Nc2noc(C)c2Cl)c(COCC)c1. The lowest BCUT2D eigenvalue weighted by atomic mass is 9.97. The lowest BCUT2D eigenvalue weighted by Crippen LogP contribution is -2.40. The molecule has 5 rings (SSSR count). The van der Waals surface area contributed by atoms with Gasteiger partial charge in [0.15, 0.2) is 5.76 Å². The predicted molar refractivity (Wildman–Crippen MR) is 161 cm³/mol. The summed E-state index contributed by atoms with van der Waals surface area (Å²) in [4.78, 5) is 24.9. The van der Waals surface area contributed by atoms with Crippen molar-refractivity contribution in [1.82, 2.24) is 15.0 Å². The summed E-state index contributed by atoms with van der Waals surface area (Å²) in [7, 11) is -4.13. The number of anilines is 1. The van der Waals surface area contributed by atoms with E-state index in [0.29, 0.717) is 24.5 Å². The molecule has 1 aliphatic carbocycles. The van der Waals surface area contributed by atoms with E-state index in [1.54, 1.807) is 19.2 Å². The molecule has 1 N–H and O–H groups in total. The van der Waals surface area contributed by atoms with Crippen molar-refractivity contribution in [2.75, 3.05) is 11.3 Å². The molecule has 0 saturated heterocycles. The molecule has 0 atom stereocenters. The number of ether oxygens (including phenoxy) is 1. The number of nitrogens with zero attached hydrogens (tertiary/aromatic N) is 4. The van der Waals surface area contributed by atoms with E-state index in [1.807, 2.05) is 30.0 Å². The minimum Gasteiger partial charge on any atom is -0.377 e. The molecule has 1 fully saturated rings. The molecular weight excluding hydrogens is 578 g/mol. The number of aliphatic imine (C=N–C) groups is 1. The van der Waals surface area contributed by atoms with Crippen molar-refractivity contribution in [1.29, 1.82) is 0 Å². The third-order valence-electron chi connectivity index (χ3n) is 7.79. The Morgan fingerprint density at radius 1 is 1.19 bits per heavy atom. The van der Waals surface area contributed by atoms with E-state index in [4.69, 9.17) is 25.9 Å². The van der Waals surface area contributed by atoms with Gasteiger partial charge in [-0.05, 0) is 56.4 Å². The Morgan fingerprint density at radius 3 is 2.67 bits per heavy atom. The maximum absolute atomic E-state index is 13.7. The molecule has 1 amide bonds. The summed E-state index contributed by atoms with van der Waals surface area (Å²) in [5.74, 6) is 1.16. The number of rotatable bonds is 12. The smallest absolute Gasteiger partial charge is 0.265 e. The highest BCUT2D eigenvalue weighted by molar-refractivity contribution is 7.92. The number of halogens is 1. The number of hydrogen-bond donors (Lipinski definition) is 1. The lowest BCUT2D eigenvalue weighted by Gasteiger charge is -2.23. The van der Waals surface area contributed by atoms with Gasteiger partial charge in [-0.25, -0.2) is 8.42 Å². The minimum absolute atomic E-state index is 0.0425. The first-order valence-electron chi connectivity index (χ1n) is 14.4. The maximum atomic E-state index is 13.7. The molecule has 1 aromatic carbocycles. The predicted octanol–water partition coefficient (Wildman–Crippen LogP) is 6.28. The molecule has 1 saturated carbocycles. The van der Waals surface area contributed by atoms with Gasteiger partial charge in [-0.15, -0.1) is 0 Å². The van der Waals surface area contributed by atoms with Gasteiger partial charge in [-0.2, -0.15) is 0 Å². The Morgan fingerprint density at radius 2 is 1.98 bits per heavy atom. The molecule has 42 heavy (non-hydrogen) atoms. The Balaban J connectivity index is 1.49. The molecule has 0 unspecified atom stereocenters. The van der Waals surface area contributed by atoms with Gasteiger partial charge in [-0.1, -0.05) is 61.1 Å². The number of benzene rings is 1. The lowest BCUT2D eigenvalue weighted by molar-refractivity contribution is -0.131. The van der Waals surface area contributed by atoms with Crippen molar-refractivity contribution in [3.63, 3.8) is 0 Å². The first-order chi connectivity index (χ1) is 20.2. The van der Waals surface area contributed by atoms with Crippen LogP contribution < -0.4 is 4.72 Å². The molecule has 12 heteroatoms. The molecule has 0 bridgehead atoms. The molecule has 10 nitrogen and oxygen atoms in total. The fraction of sp³-hybridized carbons (Fsp3) is 0.467. The number of unbranched alkanes of at least 4 members (excludes halogenated alkanes) is 1. The molecule has 0 radical (unpaired) electrons.